The molecule has 4 heteroatoms. The standard InChI is InChI=1S/C51H36N2O2/c1-30-36-26-27-37-31(2)45(35-24-20-33(21-25-35)39-13-9-15-43-41-11-5-7-17-47(41)55-51(39)43)29-53(3)49(37)48(36)52-28-44(30)34-22-18-32(19-23-34)38-12-8-14-42-40-10-4-6-16-46(40)54-50(38)42/h4-28H,29H2,1-3H3. The van der Waals surface area contributed by atoms with Gasteiger partial charge in [-0.2, -0.15) is 0 Å². The Morgan fingerprint density at radius 2 is 0.982 bits per heavy atom. The number of rotatable bonds is 4. The first-order valence-electron chi connectivity index (χ1n) is 18.9. The molecule has 0 amide bonds. The first-order chi connectivity index (χ1) is 27.0. The SMILES string of the molecule is CC1=C(c2ccc(-c3cccc4c3oc3ccccc34)cc2)CN(C)c2c1ccc1c(C)c(-c3ccc(-c4cccc5c4oc4ccccc45)cc3)cnc21. The second kappa shape index (κ2) is 12.1. The van der Waals surface area contributed by atoms with Crippen LogP contribution in [0.2, 0.25) is 0 Å². The van der Waals surface area contributed by atoms with Crippen LogP contribution in [0, 0.1) is 6.92 Å². The molecule has 0 N–H and O–H groups in total. The normalized spacial score (nSPS) is 13.2. The van der Waals surface area contributed by atoms with E-state index in [1.54, 1.807) is 0 Å². The zero-order valence-corrected chi connectivity index (χ0v) is 30.9. The van der Waals surface area contributed by atoms with Crippen molar-refractivity contribution in [1.29, 1.82) is 0 Å². The lowest BCUT2D eigenvalue weighted by molar-refractivity contribution is 0.669. The van der Waals surface area contributed by atoms with E-state index < -0.39 is 0 Å². The molecule has 0 unspecified atom stereocenters. The number of para-hydroxylation sites is 4. The van der Waals surface area contributed by atoms with Crippen molar-refractivity contribution in [3.63, 3.8) is 0 Å². The van der Waals surface area contributed by atoms with Crippen molar-refractivity contribution in [2.75, 3.05) is 18.5 Å². The van der Waals surface area contributed by atoms with E-state index in [0.29, 0.717) is 0 Å². The number of allylic oxidation sites excluding steroid dienone is 1. The van der Waals surface area contributed by atoms with Crippen LogP contribution in [0.25, 0.3) is 99.3 Å². The van der Waals surface area contributed by atoms with E-state index in [1.165, 1.54) is 38.9 Å². The molecule has 11 rings (SSSR count). The van der Waals surface area contributed by atoms with Crippen molar-refractivity contribution < 1.29 is 8.83 Å². The van der Waals surface area contributed by atoms with Crippen molar-refractivity contribution in [2.45, 2.75) is 13.8 Å². The molecule has 262 valence electrons. The third-order valence-electron chi connectivity index (χ3n) is 11.8. The number of likely N-dealkylation sites (N-methyl/N-ethyl adjacent to an activating group) is 1. The third-order valence-corrected chi connectivity index (χ3v) is 11.8. The number of hydrogen-bond acceptors (Lipinski definition) is 4. The van der Waals surface area contributed by atoms with Gasteiger partial charge in [0, 0.05) is 69.0 Å². The van der Waals surface area contributed by atoms with Gasteiger partial charge in [-0.1, -0.05) is 133 Å². The zero-order chi connectivity index (χ0) is 36.8. The van der Waals surface area contributed by atoms with E-state index >= 15 is 0 Å². The van der Waals surface area contributed by atoms with Gasteiger partial charge < -0.3 is 13.7 Å². The van der Waals surface area contributed by atoms with Crippen LogP contribution in [0.5, 0.6) is 0 Å². The molecule has 3 aromatic heterocycles. The van der Waals surface area contributed by atoms with E-state index in [2.05, 4.69) is 153 Å². The molecule has 0 saturated carbocycles. The van der Waals surface area contributed by atoms with Gasteiger partial charge in [-0.05, 0) is 64.9 Å². The van der Waals surface area contributed by atoms with Gasteiger partial charge in [-0.3, -0.25) is 4.98 Å². The summed E-state index contributed by atoms with van der Waals surface area (Å²) in [5.41, 5.74) is 19.0. The van der Waals surface area contributed by atoms with Crippen molar-refractivity contribution in [1.82, 2.24) is 4.98 Å². The van der Waals surface area contributed by atoms with Gasteiger partial charge in [0.25, 0.3) is 0 Å². The van der Waals surface area contributed by atoms with Crippen molar-refractivity contribution in [3.05, 3.63) is 168 Å². The molecule has 7 aromatic carbocycles. The Labute approximate surface area is 318 Å². The highest BCUT2D eigenvalue weighted by Crippen LogP contribution is 2.44. The molecule has 4 heterocycles. The Hall–Kier alpha value is -6.91. The average Bonchev–Trinajstić information content (AvgIpc) is 3.81. The van der Waals surface area contributed by atoms with Crippen LogP contribution >= 0.6 is 0 Å². The molecule has 0 atom stereocenters. The second-order valence-electron chi connectivity index (χ2n) is 14.8. The Kier molecular flexibility index (Phi) is 6.93. The molecule has 0 bridgehead atoms. The van der Waals surface area contributed by atoms with E-state index in [9.17, 15) is 0 Å². The van der Waals surface area contributed by atoms with Gasteiger partial charge in [-0.15, -0.1) is 0 Å². The largest absolute Gasteiger partial charge is 0.455 e. The number of furan rings is 2. The third kappa shape index (κ3) is 4.81. The number of aromatic nitrogens is 1. The molecule has 0 saturated heterocycles. The predicted octanol–water partition coefficient (Wildman–Crippen LogP) is 13.7. The molecule has 0 fully saturated rings. The Balaban J connectivity index is 0.923. The minimum absolute atomic E-state index is 0.804. The summed E-state index contributed by atoms with van der Waals surface area (Å²) in [6.45, 7) is 5.28. The molecule has 4 nitrogen and oxygen atoms in total. The fraction of sp³-hybridized carbons (Fsp3) is 0.0784. The molecule has 0 spiro atoms. The lowest BCUT2D eigenvalue weighted by atomic mass is 9.88. The van der Waals surface area contributed by atoms with Crippen molar-refractivity contribution in [3.8, 4) is 33.4 Å². The molecule has 55 heavy (non-hydrogen) atoms. The van der Waals surface area contributed by atoms with E-state index in [-0.39, 0.29) is 0 Å². The highest BCUT2D eigenvalue weighted by atomic mass is 16.3. The summed E-state index contributed by atoms with van der Waals surface area (Å²) in [6.07, 6.45) is 2.05. The predicted molar refractivity (Wildman–Crippen MR) is 230 cm³/mol. The number of pyridine rings is 1. The first-order valence-corrected chi connectivity index (χ1v) is 18.9. The van der Waals surface area contributed by atoms with Crippen LogP contribution in [-0.4, -0.2) is 18.6 Å². The van der Waals surface area contributed by atoms with Crippen LogP contribution in [0.3, 0.4) is 0 Å². The van der Waals surface area contributed by atoms with Gasteiger partial charge in [0.2, 0.25) is 0 Å². The van der Waals surface area contributed by atoms with Gasteiger partial charge in [0.15, 0.2) is 0 Å². The minimum atomic E-state index is 0.804. The molecule has 1 aliphatic rings. The number of hydrogen-bond donors (Lipinski definition) is 0. The van der Waals surface area contributed by atoms with Crippen LogP contribution < -0.4 is 4.90 Å². The Bertz CT molecular complexity index is 3200. The maximum atomic E-state index is 6.35. The monoisotopic (exact) mass is 708 g/mol. The molecule has 0 aliphatic carbocycles. The summed E-state index contributed by atoms with van der Waals surface area (Å²) < 4.78 is 12.7. The quantitative estimate of drug-likeness (QED) is 0.183. The molecule has 10 aromatic rings. The fourth-order valence-electron chi connectivity index (χ4n) is 8.90. The topological polar surface area (TPSA) is 42.4 Å². The molecular formula is C51H36N2O2. The summed E-state index contributed by atoms with van der Waals surface area (Å²) >= 11 is 0. The first kappa shape index (κ1) is 31.6. The van der Waals surface area contributed by atoms with Crippen LogP contribution in [0.15, 0.2) is 161 Å². The number of fused-ring (bicyclic) bond motifs is 9. The number of nitrogens with zero attached hydrogens (tertiary/aromatic N) is 2. The number of anilines is 1. The molecule has 0 radical (unpaired) electrons. The zero-order valence-electron chi connectivity index (χ0n) is 30.9. The highest BCUT2D eigenvalue weighted by molar-refractivity contribution is 6.11. The van der Waals surface area contributed by atoms with Crippen molar-refractivity contribution in [2.24, 2.45) is 0 Å². The van der Waals surface area contributed by atoms with Gasteiger partial charge in [0.1, 0.15) is 22.3 Å². The lowest BCUT2D eigenvalue weighted by Crippen LogP contribution is -2.25. The Morgan fingerprint density at radius 3 is 1.56 bits per heavy atom. The summed E-state index contributed by atoms with van der Waals surface area (Å²) in [5, 5.41) is 5.77. The second-order valence-corrected chi connectivity index (χ2v) is 14.8. The lowest BCUT2D eigenvalue weighted by Gasteiger charge is -2.32. The summed E-state index contributed by atoms with van der Waals surface area (Å²) in [6, 6.07) is 51.6. The van der Waals surface area contributed by atoms with Crippen LogP contribution in [-0.2, 0) is 0 Å². The number of benzene rings is 7. The van der Waals surface area contributed by atoms with Crippen LogP contribution in [0.1, 0.15) is 23.6 Å². The highest BCUT2D eigenvalue weighted by Gasteiger charge is 2.25. The maximum Gasteiger partial charge on any atom is 0.143 e. The van der Waals surface area contributed by atoms with E-state index in [1.807, 2.05) is 24.3 Å². The smallest absolute Gasteiger partial charge is 0.143 e. The van der Waals surface area contributed by atoms with Crippen molar-refractivity contribution >= 4 is 71.6 Å². The summed E-state index contributed by atoms with van der Waals surface area (Å²) in [5.74, 6) is 0. The Morgan fingerprint density at radius 1 is 0.473 bits per heavy atom. The van der Waals surface area contributed by atoms with E-state index in [4.69, 9.17) is 13.8 Å². The van der Waals surface area contributed by atoms with E-state index in [0.717, 1.165) is 89.3 Å². The van der Waals surface area contributed by atoms with Crippen LogP contribution in [0.4, 0.5) is 5.69 Å². The number of aryl methyl sites for hydroxylation is 1. The summed E-state index contributed by atoms with van der Waals surface area (Å²) in [4.78, 5) is 7.52. The molecule has 1 aliphatic heterocycles. The van der Waals surface area contributed by atoms with Gasteiger partial charge in [0.05, 0.1) is 11.2 Å². The average molecular weight is 709 g/mol. The minimum Gasteiger partial charge on any atom is -0.455 e. The molecular weight excluding hydrogens is 673 g/mol. The summed E-state index contributed by atoms with van der Waals surface area (Å²) in [7, 11) is 2.19. The maximum absolute atomic E-state index is 6.35. The fourth-order valence-corrected chi connectivity index (χ4v) is 8.90. The van der Waals surface area contributed by atoms with Gasteiger partial charge in [-0.25, -0.2) is 0 Å². The van der Waals surface area contributed by atoms with Gasteiger partial charge >= 0.3 is 0 Å².